The van der Waals surface area contributed by atoms with Crippen LogP contribution in [0.2, 0.25) is 0 Å². The second-order valence-corrected chi connectivity index (χ2v) is 6.97. The first-order valence-electron chi connectivity index (χ1n) is 9.96. The third-order valence-corrected chi connectivity index (χ3v) is 4.81. The van der Waals surface area contributed by atoms with Crippen LogP contribution in [0.25, 0.3) is 0 Å². The predicted octanol–water partition coefficient (Wildman–Crippen LogP) is 3.40. The van der Waals surface area contributed by atoms with Gasteiger partial charge >= 0.3 is 0 Å². The lowest BCUT2D eigenvalue weighted by atomic mass is 10.0. The van der Waals surface area contributed by atoms with E-state index < -0.39 is 6.04 Å². The molecule has 1 unspecified atom stereocenters. The van der Waals surface area contributed by atoms with Gasteiger partial charge in [0.15, 0.2) is 0 Å². The van der Waals surface area contributed by atoms with Gasteiger partial charge in [-0.05, 0) is 41.8 Å². The van der Waals surface area contributed by atoms with Crippen molar-refractivity contribution in [3.8, 4) is 5.75 Å². The fourth-order valence-corrected chi connectivity index (χ4v) is 3.14. The van der Waals surface area contributed by atoms with E-state index in [4.69, 9.17) is 4.74 Å². The van der Waals surface area contributed by atoms with Crippen LogP contribution in [0.1, 0.15) is 21.5 Å². The van der Waals surface area contributed by atoms with E-state index in [1.54, 1.807) is 31.4 Å². The van der Waals surface area contributed by atoms with Gasteiger partial charge in [0.1, 0.15) is 11.8 Å². The van der Waals surface area contributed by atoms with Gasteiger partial charge in [0, 0.05) is 18.5 Å². The zero-order valence-corrected chi connectivity index (χ0v) is 17.0. The molecule has 0 spiro atoms. The third-order valence-electron chi connectivity index (χ3n) is 4.81. The number of ether oxygens (including phenoxy) is 1. The average molecular weight is 402 g/mol. The van der Waals surface area contributed by atoms with Crippen LogP contribution in [-0.4, -0.2) is 31.5 Å². The number of rotatable bonds is 9. The van der Waals surface area contributed by atoms with Crippen molar-refractivity contribution in [1.82, 2.24) is 10.6 Å². The van der Waals surface area contributed by atoms with Crippen molar-refractivity contribution >= 4 is 11.8 Å². The van der Waals surface area contributed by atoms with Crippen molar-refractivity contribution < 1.29 is 14.3 Å². The quantitative estimate of drug-likeness (QED) is 0.577. The molecule has 0 bridgehead atoms. The lowest BCUT2D eigenvalue weighted by molar-refractivity contribution is -0.122. The Hall–Kier alpha value is -3.60. The molecule has 1 atom stereocenters. The number of methoxy groups -OCH3 is 1. The van der Waals surface area contributed by atoms with E-state index in [0.29, 0.717) is 24.9 Å². The van der Waals surface area contributed by atoms with Crippen LogP contribution in [0.15, 0.2) is 84.9 Å². The average Bonchev–Trinajstić information content (AvgIpc) is 2.80. The van der Waals surface area contributed by atoms with Crippen molar-refractivity contribution in [3.63, 3.8) is 0 Å². The van der Waals surface area contributed by atoms with Crippen LogP contribution in [-0.2, 0) is 17.6 Å². The van der Waals surface area contributed by atoms with E-state index in [0.717, 1.165) is 16.9 Å². The number of carbonyl (C=O) groups excluding carboxylic acids is 2. The molecule has 0 saturated heterocycles. The lowest BCUT2D eigenvalue weighted by Crippen LogP contribution is -2.48. The molecule has 0 aliphatic heterocycles. The minimum atomic E-state index is -0.657. The SMILES string of the molecule is COc1ccc(CCNC(=O)C(Cc2ccccc2)NC(=O)c2ccccc2)cc1. The monoisotopic (exact) mass is 402 g/mol. The number of hydrogen-bond donors (Lipinski definition) is 2. The van der Waals surface area contributed by atoms with Crippen LogP contribution in [0.3, 0.4) is 0 Å². The Morgan fingerprint density at radius 1 is 0.833 bits per heavy atom. The van der Waals surface area contributed by atoms with Crippen LogP contribution in [0, 0.1) is 0 Å². The largest absolute Gasteiger partial charge is 0.497 e. The Bertz CT molecular complexity index is 941. The van der Waals surface area contributed by atoms with Gasteiger partial charge < -0.3 is 15.4 Å². The Morgan fingerprint density at radius 3 is 2.10 bits per heavy atom. The van der Waals surface area contributed by atoms with Gasteiger partial charge in [-0.2, -0.15) is 0 Å². The second kappa shape index (κ2) is 10.8. The second-order valence-electron chi connectivity index (χ2n) is 6.97. The first-order chi connectivity index (χ1) is 14.7. The summed E-state index contributed by atoms with van der Waals surface area (Å²) in [6, 6.07) is 25.7. The normalized spacial score (nSPS) is 11.4. The topological polar surface area (TPSA) is 67.4 Å². The van der Waals surface area contributed by atoms with Crippen molar-refractivity contribution in [3.05, 3.63) is 102 Å². The molecule has 154 valence electrons. The molecule has 2 N–H and O–H groups in total. The molecule has 0 saturated carbocycles. The van der Waals surface area contributed by atoms with Gasteiger partial charge in [0.05, 0.1) is 7.11 Å². The maximum Gasteiger partial charge on any atom is 0.251 e. The highest BCUT2D eigenvalue weighted by Gasteiger charge is 2.21. The first kappa shape index (κ1) is 21.1. The Balaban J connectivity index is 1.62. The number of nitrogens with one attached hydrogen (secondary N) is 2. The Kier molecular flexibility index (Phi) is 7.61. The summed E-state index contributed by atoms with van der Waals surface area (Å²) in [7, 11) is 1.63. The summed E-state index contributed by atoms with van der Waals surface area (Å²) in [6.07, 6.45) is 1.12. The molecule has 5 heteroatoms. The number of hydrogen-bond acceptors (Lipinski definition) is 3. The van der Waals surface area contributed by atoms with Crippen molar-refractivity contribution in [2.45, 2.75) is 18.9 Å². The lowest BCUT2D eigenvalue weighted by Gasteiger charge is -2.19. The van der Waals surface area contributed by atoms with Crippen LogP contribution in [0.5, 0.6) is 5.75 Å². The molecule has 0 heterocycles. The molecular weight excluding hydrogens is 376 g/mol. The molecule has 0 aromatic heterocycles. The zero-order valence-electron chi connectivity index (χ0n) is 17.0. The van der Waals surface area contributed by atoms with Gasteiger partial charge in [0.2, 0.25) is 5.91 Å². The fourth-order valence-electron chi connectivity index (χ4n) is 3.14. The Labute approximate surface area is 177 Å². The van der Waals surface area contributed by atoms with E-state index in [1.807, 2.05) is 60.7 Å². The van der Waals surface area contributed by atoms with Gasteiger partial charge in [-0.1, -0.05) is 60.7 Å². The van der Waals surface area contributed by atoms with Gasteiger partial charge in [-0.15, -0.1) is 0 Å². The highest BCUT2D eigenvalue weighted by molar-refractivity contribution is 5.97. The maximum atomic E-state index is 12.9. The molecule has 0 fully saturated rings. The molecule has 3 rings (SSSR count). The minimum absolute atomic E-state index is 0.198. The fraction of sp³-hybridized carbons (Fsp3) is 0.200. The summed E-state index contributed by atoms with van der Waals surface area (Å²) in [6.45, 7) is 0.484. The van der Waals surface area contributed by atoms with Crippen LogP contribution in [0.4, 0.5) is 0 Å². The first-order valence-corrected chi connectivity index (χ1v) is 9.96. The summed E-state index contributed by atoms with van der Waals surface area (Å²) >= 11 is 0. The molecule has 3 aromatic rings. The Morgan fingerprint density at radius 2 is 1.47 bits per heavy atom. The van der Waals surface area contributed by atoms with E-state index in [-0.39, 0.29) is 11.8 Å². The van der Waals surface area contributed by atoms with Crippen molar-refractivity contribution in [2.75, 3.05) is 13.7 Å². The molecule has 0 radical (unpaired) electrons. The summed E-state index contributed by atoms with van der Waals surface area (Å²) in [5.74, 6) is 0.341. The summed E-state index contributed by atoms with van der Waals surface area (Å²) < 4.78 is 5.16. The van der Waals surface area contributed by atoms with E-state index in [1.165, 1.54) is 0 Å². The van der Waals surface area contributed by atoms with Gasteiger partial charge in [-0.25, -0.2) is 0 Å². The predicted molar refractivity (Wildman–Crippen MR) is 118 cm³/mol. The summed E-state index contributed by atoms with van der Waals surface area (Å²) in [5, 5.41) is 5.83. The van der Waals surface area contributed by atoms with Gasteiger partial charge in [0.25, 0.3) is 5.91 Å². The molecule has 0 aliphatic carbocycles. The zero-order chi connectivity index (χ0) is 21.2. The number of amides is 2. The maximum absolute atomic E-state index is 12.9. The molecule has 30 heavy (non-hydrogen) atoms. The summed E-state index contributed by atoms with van der Waals surface area (Å²) in [5.41, 5.74) is 2.62. The smallest absolute Gasteiger partial charge is 0.251 e. The van der Waals surface area contributed by atoms with Crippen molar-refractivity contribution in [2.24, 2.45) is 0 Å². The number of carbonyl (C=O) groups is 2. The van der Waals surface area contributed by atoms with Crippen LogP contribution < -0.4 is 15.4 Å². The van der Waals surface area contributed by atoms with Crippen molar-refractivity contribution in [1.29, 1.82) is 0 Å². The third kappa shape index (κ3) is 6.21. The molecule has 3 aromatic carbocycles. The summed E-state index contributed by atoms with van der Waals surface area (Å²) in [4.78, 5) is 25.5. The highest BCUT2D eigenvalue weighted by atomic mass is 16.5. The molecule has 0 aliphatic rings. The van der Waals surface area contributed by atoms with E-state index >= 15 is 0 Å². The molecular formula is C25H26N2O3. The minimum Gasteiger partial charge on any atom is -0.497 e. The van der Waals surface area contributed by atoms with E-state index in [2.05, 4.69) is 10.6 Å². The number of benzene rings is 3. The standard InChI is InChI=1S/C25H26N2O3/c1-30-22-14-12-19(13-15-22)16-17-26-25(29)23(18-20-8-4-2-5-9-20)27-24(28)21-10-6-3-7-11-21/h2-15,23H,16-18H2,1H3,(H,26,29)(H,27,28). The van der Waals surface area contributed by atoms with Gasteiger partial charge in [-0.3, -0.25) is 9.59 Å². The highest BCUT2D eigenvalue weighted by Crippen LogP contribution is 2.11. The van der Waals surface area contributed by atoms with E-state index in [9.17, 15) is 9.59 Å². The molecule has 2 amide bonds. The van der Waals surface area contributed by atoms with Crippen LogP contribution >= 0.6 is 0 Å². The molecule has 5 nitrogen and oxygen atoms in total.